The molecule has 2 aliphatic heterocycles. The number of likely N-dealkylation sites (tertiary alicyclic amines) is 1. The van der Waals surface area contributed by atoms with Gasteiger partial charge in [-0.05, 0) is 64.3 Å². The van der Waals surface area contributed by atoms with Crippen molar-refractivity contribution >= 4 is 35.0 Å². The van der Waals surface area contributed by atoms with Crippen LogP contribution in [-0.2, 0) is 19.8 Å². The number of benzene rings is 1. The number of fused-ring (bicyclic) bond motifs is 1. The molecule has 3 amide bonds. The lowest BCUT2D eigenvalue weighted by Gasteiger charge is -2.33. The first-order valence-corrected chi connectivity index (χ1v) is 10.2. The number of rotatable bonds is 4. The first kappa shape index (κ1) is 20.6. The number of anilines is 1. The SMILES string of the molecule is CC(C)NC(=O)[C@H]1CCCN(C(=O)CN2C(=O)C(C)(C)c3cc(Cl)ccc32)C1. The van der Waals surface area contributed by atoms with Crippen molar-refractivity contribution in [3.05, 3.63) is 28.8 Å². The molecule has 2 aliphatic rings. The number of nitrogens with zero attached hydrogens (tertiary/aromatic N) is 2. The molecular formula is C21H28ClN3O3. The first-order valence-electron chi connectivity index (χ1n) is 9.81. The average Bonchev–Trinajstić information content (AvgIpc) is 2.82. The molecular weight excluding hydrogens is 378 g/mol. The van der Waals surface area contributed by atoms with Crippen molar-refractivity contribution in [1.29, 1.82) is 0 Å². The smallest absolute Gasteiger partial charge is 0.242 e. The van der Waals surface area contributed by atoms with Crippen LogP contribution in [0.3, 0.4) is 0 Å². The van der Waals surface area contributed by atoms with Gasteiger partial charge in [0.05, 0.1) is 11.3 Å². The van der Waals surface area contributed by atoms with Crippen LogP contribution in [-0.4, -0.2) is 48.3 Å². The predicted molar refractivity (Wildman–Crippen MR) is 109 cm³/mol. The van der Waals surface area contributed by atoms with Gasteiger partial charge in [0.25, 0.3) is 0 Å². The van der Waals surface area contributed by atoms with Gasteiger partial charge in [0.1, 0.15) is 6.54 Å². The van der Waals surface area contributed by atoms with Gasteiger partial charge in [-0.2, -0.15) is 0 Å². The molecule has 0 aliphatic carbocycles. The largest absolute Gasteiger partial charge is 0.354 e. The lowest BCUT2D eigenvalue weighted by molar-refractivity contribution is -0.136. The Morgan fingerprint density at radius 3 is 2.71 bits per heavy atom. The molecule has 0 spiro atoms. The van der Waals surface area contributed by atoms with E-state index in [1.165, 1.54) is 0 Å². The highest BCUT2D eigenvalue weighted by Crippen LogP contribution is 2.42. The molecule has 1 aromatic carbocycles. The van der Waals surface area contributed by atoms with Crippen molar-refractivity contribution in [3.63, 3.8) is 0 Å². The van der Waals surface area contributed by atoms with Crippen LogP contribution in [0.2, 0.25) is 5.02 Å². The highest BCUT2D eigenvalue weighted by Gasteiger charge is 2.45. The Kier molecular flexibility index (Phi) is 5.71. The van der Waals surface area contributed by atoms with E-state index in [1.807, 2.05) is 27.7 Å². The molecule has 0 unspecified atom stereocenters. The number of carbonyl (C=O) groups is 3. The number of amides is 3. The standard InChI is InChI=1S/C21H28ClN3O3/c1-13(2)23-19(27)14-6-5-9-24(11-14)18(26)12-25-17-8-7-15(22)10-16(17)21(3,4)20(25)28/h7-8,10,13-14H,5-6,9,11-12H2,1-4H3,(H,23,27)/t14-/m0/s1. The minimum atomic E-state index is -0.720. The fourth-order valence-electron chi connectivity index (χ4n) is 4.02. The number of hydrogen-bond donors (Lipinski definition) is 1. The van der Waals surface area contributed by atoms with Gasteiger partial charge in [-0.3, -0.25) is 14.4 Å². The van der Waals surface area contributed by atoms with E-state index in [4.69, 9.17) is 11.6 Å². The topological polar surface area (TPSA) is 69.7 Å². The minimum absolute atomic E-state index is 0.00845. The van der Waals surface area contributed by atoms with Crippen LogP contribution >= 0.6 is 11.6 Å². The van der Waals surface area contributed by atoms with E-state index in [1.54, 1.807) is 28.0 Å². The predicted octanol–water partition coefficient (Wildman–Crippen LogP) is 2.73. The van der Waals surface area contributed by atoms with Crippen LogP contribution < -0.4 is 10.2 Å². The van der Waals surface area contributed by atoms with Crippen LogP contribution in [0.4, 0.5) is 5.69 Å². The molecule has 3 rings (SSSR count). The van der Waals surface area contributed by atoms with Gasteiger partial charge < -0.3 is 15.1 Å². The van der Waals surface area contributed by atoms with Crippen molar-refractivity contribution in [2.45, 2.75) is 52.0 Å². The summed E-state index contributed by atoms with van der Waals surface area (Å²) in [4.78, 5) is 41.5. The van der Waals surface area contributed by atoms with Gasteiger partial charge in [0.15, 0.2) is 0 Å². The second-order valence-corrected chi connectivity index (χ2v) is 8.96. The molecule has 7 heteroatoms. The summed E-state index contributed by atoms with van der Waals surface area (Å²) in [5, 5.41) is 3.50. The van der Waals surface area contributed by atoms with Crippen molar-refractivity contribution in [3.8, 4) is 0 Å². The van der Waals surface area contributed by atoms with Gasteiger partial charge in [-0.15, -0.1) is 0 Å². The molecule has 28 heavy (non-hydrogen) atoms. The van der Waals surface area contributed by atoms with Crippen molar-refractivity contribution in [1.82, 2.24) is 10.2 Å². The zero-order chi connectivity index (χ0) is 20.6. The summed E-state index contributed by atoms with van der Waals surface area (Å²) in [6.45, 7) is 8.54. The van der Waals surface area contributed by atoms with E-state index in [9.17, 15) is 14.4 Å². The Balaban J connectivity index is 1.73. The quantitative estimate of drug-likeness (QED) is 0.837. The first-order chi connectivity index (χ1) is 13.1. The second kappa shape index (κ2) is 7.74. The summed E-state index contributed by atoms with van der Waals surface area (Å²) >= 11 is 6.11. The van der Waals surface area contributed by atoms with Crippen LogP contribution in [0.1, 0.15) is 46.1 Å². The van der Waals surface area contributed by atoms with Crippen LogP contribution in [0.5, 0.6) is 0 Å². The van der Waals surface area contributed by atoms with Gasteiger partial charge in [0, 0.05) is 29.8 Å². The van der Waals surface area contributed by atoms with Crippen LogP contribution in [0, 0.1) is 5.92 Å². The zero-order valence-electron chi connectivity index (χ0n) is 16.9. The van der Waals surface area contributed by atoms with Gasteiger partial charge in [-0.1, -0.05) is 11.6 Å². The Bertz CT molecular complexity index is 806. The molecule has 152 valence electrons. The Morgan fingerprint density at radius 1 is 1.32 bits per heavy atom. The maximum Gasteiger partial charge on any atom is 0.242 e. The summed E-state index contributed by atoms with van der Waals surface area (Å²) in [7, 11) is 0. The van der Waals surface area contributed by atoms with Crippen molar-refractivity contribution in [2.75, 3.05) is 24.5 Å². The van der Waals surface area contributed by atoms with E-state index < -0.39 is 5.41 Å². The van der Waals surface area contributed by atoms with Crippen molar-refractivity contribution < 1.29 is 14.4 Å². The Hall–Kier alpha value is -2.08. The third-order valence-electron chi connectivity index (χ3n) is 5.57. The number of carbonyl (C=O) groups excluding carboxylic acids is 3. The van der Waals surface area contributed by atoms with Gasteiger partial charge in [-0.25, -0.2) is 0 Å². The zero-order valence-corrected chi connectivity index (χ0v) is 17.7. The summed E-state index contributed by atoms with van der Waals surface area (Å²) in [5.74, 6) is -0.444. The monoisotopic (exact) mass is 405 g/mol. The second-order valence-electron chi connectivity index (χ2n) is 8.52. The third kappa shape index (κ3) is 3.88. The Labute approximate surface area is 171 Å². The molecule has 0 aromatic heterocycles. The molecule has 2 heterocycles. The highest BCUT2D eigenvalue weighted by molar-refractivity contribution is 6.31. The van der Waals surface area contributed by atoms with Crippen LogP contribution in [0.15, 0.2) is 18.2 Å². The van der Waals surface area contributed by atoms with Crippen molar-refractivity contribution in [2.24, 2.45) is 5.92 Å². The van der Waals surface area contributed by atoms with E-state index in [-0.39, 0.29) is 36.2 Å². The normalized spacial score (nSPS) is 21.1. The van der Waals surface area contributed by atoms with Gasteiger partial charge in [0.2, 0.25) is 17.7 Å². The number of piperidine rings is 1. The molecule has 0 bridgehead atoms. The molecule has 1 aromatic rings. The number of hydrogen-bond acceptors (Lipinski definition) is 3. The van der Waals surface area contributed by atoms with E-state index >= 15 is 0 Å². The summed E-state index contributed by atoms with van der Waals surface area (Å²) in [6.07, 6.45) is 1.56. The van der Waals surface area contributed by atoms with Gasteiger partial charge >= 0.3 is 0 Å². The van der Waals surface area contributed by atoms with E-state index in [0.29, 0.717) is 18.1 Å². The molecule has 1 atom stereocenters. The summed E-state index contributed by atoms with van der Waals surface area (Å²) in [5.41, 5.74) is 0.853. The van der Waals surface area contributed by atoms with E-state index in [2.05, 4.69) is 5.32 Å². The number of nitrogens with one attached hydrogen (secondary N) is 1. The lowest BCUT2D eigenvalue weighted by Crippen LogP contribution is -2.50. The number of halogens is 1. The summed E-state index contributed by atoms with van der Waals surface area (Å²) < 4.78 is 0. The molecule has 1 saturated heterocycles. The Morgan fingerprint density at radius 2 is 2.04 bits per heavy atom. The highest BCUT2D eigenvalue weighted by atomic mass is 35.5. The lowest BCUT2D eigenvalue weighted by atomic mass is 9.86. The molecule has 6 nitrogen and oxygen atoms in total. The molecule has 1 N–H and O–H groups in total. The fourth-order valence-corrected chi connectivity index (χ4v) is 4.19. The average molecular weight is 406 g/mol. The fraction of sp³-hybridized carbons (Fsp3) is 0.571. The maximum absolute atomic E-state index is 13.0. The minimum Gasteiger partial charge on any atom is -0.354 e. The molecule has 1 fully saturated rings. The summed E-state index contributed by atoms with van der Waals surface area (Å²) in [6, 6.07) is 5.41. The molecule has 0 radical (unpaired) electrons. The molecule has 0 saturated carbocycles. The maximum atomic E-state index is 13.0. The van der Waals surface area contributed by atoms with Crippen LogP contribution in [0.25, 0.3) is 0 Å². The van der Waals surface area contributed by atoms with E-state index in [0.717, 1.165) is 24.1 Å². The third-order valence-corrected chi connectivity index (χ3v) is 5.81.